The van der Waals surface area contributed by atoms with Gasteiger partial charge in [-0.15, -0.1) is 0 Å². The van der Waals surface area contributed by atoms with Gasteiger partial charge in [0, 0.05) is 6.42 Å². The van der Waals surface area contributed by atoms with Crippen LogP contribution in [-0.4, -0.2) is 46.5 Å². The Morgan fingerprint density at radius 3 is 2.84 bits per heavy atom. The van der Waals surface area contributed by atoms with Gasteiger partial charge in [0.05, 0.1) is 25.5 Å². The van der Waals surface area contributed by atoms with Crippen molar-refractivity contribution in [2.45, 2.75) is 51.7 Å². The number of rotatable bonds is 9. The fraction of sp³-hybridized carbons (Fsp3) is 0.588. The van der Waals surface area contributed by atoms with Crippen LogP contribution in [0.5, 0.6) is 0 Å². The normalized spacial score (nSPS) is 19.6. The van der Waals surface area contributed by atoms with Gasteiger partial charge in [0.1, 0.15) is 11.8 Å². The lowest BCUT2D eigenvalue weighted by atomic mass is 9.99. The Balaban J connectivity index is 1.83. The maximum Gasteiger partial charge on any atom is 0.325 e. The molecule has 0 aromatic carbocycles. The maximum absolute atomic E-state index is 12.3. The van der Waals surface area contributed by atoms with Crippen molar-refractivity contribution in [2.75, 3.05) is 6.61 Å². The van der Waals surface area contributed by atoms with Crippen molar-refractivity contribution in [3.63, 3.8) is 0 Å². The van der Waals surface area contributed by atoms with Gasteiger partial charge >= 0.3 is 6.03 Å². The molecular formula is C17H25N3O5. The first kappa shape index (κ1) is 19.0. The third-order valence-electron chi connectivity index (χ3n) is 4.54. The first-order chi connectivity index (χ1) is 12.0. The Morgan fingerprint density at radius 1 is 1.48 bits per heavy atom. The molecule has 0 spiro atoms. The zero-order valence-corrected chi connectivity index (χ0v) is 14.5. The summed E-state index contributed by atoms with van der Waals surface area (Å²) in [5.74, 6) is 0.0625. The van der Waals surface area contributed by atoms with Crippen LogP contribution in [0, 0.1) is 5.92 Å². The number of aliphatic hydroxyl groups is 1. The van der Waals surface area contributed by atoms with E-state index in [4.69, 9.17) is 4.42 Å². The van der Waals surface area contributed by atoms with Crippen molar-refractivity contribution >= 4 is 17.8 Å². The lowest BCUT2D eigenvalue weighted by Crippen LogP contribution is -2.42. The zero-order valence-electron chi connectivity index (χ0n) is 14.5. The maximum atomic E-state index is 12.3. The first-order valence-electron chi connectivity index (χ1n) is 8.50. The molecule has 8 heteroatoms. The van der Waals surface area contributed by atoms with Crippen LogP contribution in [0.15, 0.2) is 22.8 Å². The fourth-order valence-corrected chi connectivity index (χ4v) is 2.69. The van der Waals surface area contributed by atoms with E-state index in [0.29, 0.717) is 5.76 Å². The number of furan rings is 1. The number of nitrogens with zero attached hydrogens (tertiary/aromatic N) is 1. The monoisotopic (exact) mass is 351 g/mol. The molecule has 1 fully saturated rings. The highest BCUT2D eigenvalue weighted by molar-refractivity contribution is 6.04. The number of carbonyl (C=O) groups excluding carboxylic acids is 3. The highest BCUT2D eigenvalue weighted by atomic mass is 16.3. The number of carbonyl (C=O) groups is 3. The van der Waals surface area contributed by atoms with Crippen LogP contribution in [0.2, 0.25) is 0 Å². The van der Waals surface area contributed by atoms with Crippen LogP contribution in [0.25, 0.3) is 0 Å². The second kappa shape index (κ2) is 8.66. The molecule has 3 N–H and O–H groups in total. The molecule has 0 unspecified atom stereocenters. The SMILES string of the molecule is CC[C@H](C)[C@@H](CO)NC(=O)CC[C@@H]1NC(=O)N(Cc2ccco2)C1=O. The largest absolute Gasteiger partial charge is 0.467 e. The number of nitrogens with one attached hydrogen (secondary N) is 2. The molecule has 0 bridgehead atoms. The average molecular weight is 351 g/mol. The third-order valence-corrected chi connectivity index (χ3v) is 4.54. The lowest BCUT2D eigenvalue weighted by Gasteiger charge is -2.22. The summed E-state index contributed by atoms with van der Waals surface area (Å²) < 4.78 is 5.15. The van der Waals surface area contributed by atoms with Crippen molar-refractivity contribution in [3.8, 4) is 0 Å². The van der Waals surface area contributed by atoms with Gasteiger partial charge in [0.25, 0.3) is 5.91 Å². The molecule has 2 heterocycles. The van der Waals surface area contributed by atoms with Crippen molar-refractivity contribution in [1.29, 1.82) is 0 Å². The molecule has 0 saturated carbocycles. The molecule has 0 radical (unpaired) electrons. The number of imide groups is 1. The molecule has 138 valence electrons. The van der Waals surface area contributed by atoms with Crippen molar-refractivity contribution < 1.29 is 23.9 Å². The summed E-state index contributed by atoms with van der Waals surface area (Å²) >= 11 is 0. The van der Waals surface area contributed by atoms with E-state index in [9.17, 15) is 19.5 Å². The van der Waals surface area contributed by atoms with Crippen LogP contribution >= 0.6 is 0 Å². The van der Waals surface area contributed by atoms with E-state index in [2.05, 4.69) is 10.6 Å². The predicted octanol–water partition coefficient (Wildman–Crippen LogP) is 1.00. The van der Waals surface area contributed by atoms with E-state index in [0.717, 1.165) is 11.3 Å². The van der Waals surface area contributed by atoms with E-state index in [-0.39, 0.29) is 49.8 Å². The molecule has 3 atom stereocenters. The minimum absolute atomic E-state index is 0.0704. The number of urea groups is 1. The van der Waals surface area contributed by atoms with Crippen molar-refractivity contribution in [3.05, 3.63) is 24.2 Å². The summed E-state index contributed by atoms with van der Waals surface area (Å²) in [5.41, 5.74) is 0. The molecule has 1 aliphatic heterocycles. The Labute approximate surface area is 146 Å². The van der Waals surface area contributed by atoms with Crippen LogP contribution in [0.1, 0.15) is 38.9 Å². The summed E-state index contributed by atoms with van der Waals surface area (Å²) in [6.45, 7) is 3.88. The minimum Gasteiger partial charge on any atom is -0.467 e. The Morgan fingerprint density at radius 2 is 2.24 bits per heavy atom. The molecule has 4 amide bonds. The molecule has 2 rings (SSSR count). The number of amides is 4. The van der Waals surface area contributed by atoms with E-state index >= 15 is 0 Å². The van der Waals surface area contributed by atoms with Gasteiger partial charge < -0.3 is 20.2 Å². The highest BCUT2D eigenvalue weighted by Gasteiger charge is 2.38. The van der Waals surface area contributed by atoms with Crippen molar-refractivity contribution in [2.24, 2.45) is 5.92 Å². The van der Waals surface area contributed by atoms with Crippen molar-refractivity contribution in [1.82, 2.24) is 15.5 Å². The quantitative estimate of drug-likeness (QED) is 0.575. The van der Waals surface area contributed by atoms with Gasteiger partial charge in [0.15, 0.2) is 0 Å². The summed E-state index contributed by atoms with van der Waals surface area (Å²) in [7, 11) is 0. The number of hydrogen-bond acceptors (Lipinski definition) is 5. The molecule has 1 aliphatic rings. The van der Waals surface area contributed by atoms with Gasteiger partial charge in [-0.05, 0) is 24.5 Å². The molecule has 1 aromatic rings. The fourth-order valence-electron chi connectivity index (χ4n) is 2.69. The Kier molecular flexibility index (Phi) is 6.58. The summed E-state index contributed by atoms with van der Waals surface area (Å²) in [5, 5.41) is 14.7. The topological polar surface area (TPSA) is 112 Å². The third kappa shape index (κ3) is 4.82. The van der Waals surface area contributed by atoms with Gasteiger partial charge in [-0.1, -0.05) is 20.3 Å². The van der Waals surface area contributed by atoms with Crippen LogP contribution in [-0.2, 0) is 16.1 Å². The average Bonchev–Trinajstić information content (AvgIpc) is 3.21. The Hall–Kier alpha value is -2.35. The van der Waals surface area contributed by atoms with Crippen LogP contribution < -0.4 is 10.6 Å². The molecule has 1 saturated heterocycles. The number of hydrogen-bond donors (Lipinski definition) is 3. The molecular weight excluding hydrogens is 326 g/mol. The molecule has 1 aromatic heterocycles. The highest BCUT2D eigenvalue weighted by Crippen LogP contribution is 2.15. The summed E-state index contributed by atoms with van der Waals surface area (Å²) in [4.78, 5) is 37.4. The molecule has 8 nitrogen and oxygen atoms in total. The van der Waals surface area contributed by atoms with E-state index in [1.165, 1.54) is 6.26 Å². The predicted molar refractivity (Wildman–Crippen MR) is 89.3 cm³/mol. The Bertz CT molecular complexity index is 601. The van der Waals surface area contributed by atoms with E-state index in [1.807, 2.05) is 13.8 Å². The standard InChI is InChI=1S/C17H25N3O5/c1-3-11(2)14(10-21)18-15(22)7-6-13-16(23)20(17(24)19-13)9-12-5-4-8-25-12/h4-5,8,11,13-14,21H,3,6-7,9-10H2,1-2H3,(H,18,22)(H,19,24)/t11-,13-,14+/m0/s1. The molecule has 25 heavy (non-hydrogen) atoms. The van der Waals surface area contributed by atoms with Gasteiger partial charge in [-0.2, -0.15) is 0 Å². The van der Waals surface area contributed by atoms with E-state index < -0.39 is 12.1 Å². The number of aliphatic hydroxyl groups excluding tert-OH is 1. The van der Waals surface area contributed by atoms with Gasteiger partial charge in [-0.3, -0.25) is 14.5 Å². The smallest absolute Gasteiger partial charge is 0.325 e. The van der Waals surface area contributed by atoms with E-state index in [1.54, 1.807) is 12.1 Å². The summed E-state index contributed by atoms with van der Waals surface area (Å²) in [6.07, 6.45) is 2.62. The second-order valence-corrected chi connectivity index (χ2v) is 6.29. The zero-order chi connectivity index (χ0) is 18.4. The lowest BCUT2D eigenvalue weighted by molar-refractivity contribution is -0.128. The van der Waals surface area contributed by atoms with Gasteiger partial charge in [-0.25, -0.2) is 4.79 Å². The van der Waals surface area contributed by atoms with Gasteiger partial charge in [0.2, 0.25) is 5.91 Å². The molecule has 0 aliphatic carbocycles. The minimum atomic E-state index is -0.718. The second-order valence-electron chi connectivity index (χ2n) is 6.29. The first-order valence-corrected chi connectivity index (χ1v) is 8.50. The summed E-state index contributed by atoms with van der Waals surface area (Å²) in [6, 6.07) is 1.86. The van der Waals surface area contributed by atoms with Crippen LogP contribution in [0.3, 0.4) is 0 Å². The van der Waals surface area contributed by atoms with Crippen LogP contribution in [0.4, 0.5) is 4.79 Å².